The number of pyridine rings is 2. The summed E-state index contributed by atoms with van der Waals surface area (Å²) in [6.45, 7) is 10.0. The Balaban J connectivity index is 0.00000189. The van der Waals surface area contributed by atoms with Crippen LogP contribution in [0.2, 0.25) is 0 Å². The van der Waals surface area contributed by atoms with Crippen LogP contribution in [0.3, 0.4) is 0 Å². The molecule has 10 nitrogen and oxygen atoms in total. The third-order valence-corrected chi connectivity index (χ3v) is 4.43. The molecule has 0 aliphatic heterocycles. The molecule has 0 aromatic carbocycles. The average Bonchev–Trinajstić information content (AvgIpc) is 2.95. The first-order valence-corrected chi connectivity index (χ1v) is 12.2. The number of carbonyl (C=O) groups is 1. The normalized spacial score (nSPS) is 9.49. The lowest BCUT2D eigenvalue weighted by atomic mass is 10.2. The maximum atomic E-state index is 14.3. The third-order valence-electron chi connectivity index (χ3n) is 4.43. The van der Waals surface area contributed by atoms with Crippen LogP contribution < -0.4 is 16.2 Å². The summed E-state index contributed by atoms with van der Waals surface area (Å²) in [4.78, 5) is 36.5. The first-order valence-electron chi connectivity index (χ1n) is 12.2. The molecule has 0 atom stereocenters. The number of aryl methyl sites for hydroxylation is 1. The second-order valence-electron chi connectivity index (χ2n) is 7.09. The Bertz CT molecular complexity index is 1300. The second kappa shape index (κ2) is 18.5. The summed E-state index contributed by atoms with van der Waals surface area (Å²) in [5.41, 5.74) is 0.0794. The van der Waals surface area contributed by atoms with Crippen molar-refractivity contribution in [1.29, 1.82) is 10.5 Å². The van der Waals surface area contributed by atoms with Gasteiger partial charge in [-0.15, -0.1) is 0 Å². The van der Waals surface area contributed by atoms with Crippen molar-refractivity contribution in [3.8, 4) is 12.1 Å². The van der Waals surface area contributed by atoms with Crippen LogP contribution in [0.15, 0.2) is 53.7 Å². The first-order chi connectivity index (χ1) is 18.7. The summed E-state index contributed by atoms with van der Waals surface area (Å²) in [6.07, 6.45) is 3.88. The highest BCUT2D eigenvalue weighted by atomic mass is 19.3. The zero-order chi connectivity index (χ0) is 29.8. The average molecular weight is 541 g/mol. The highest BCUT2D eigenvalue weighted by molar-refractivity contribution is 5.75. The van der Waals surface area contributed by atoms with Crippen LogP contribution in [-0.4, -0.2) is 32.0 Å². The van der Waals surface area contributed by atoms with E-state index in [1.54, 1.807) is 24.4 Å². The van der Waals surface area contributed by atoms with Gasteiger partial charge in [-0.1, -0.05) is 33.8 Å². The monoisotopic (exact) mass is 540 g/mol. The maximum Gasteiger partial charge on any atom is 0.306 e. The van der Waals surface area contributed by atoms with Crippen LogP contribution in [0, 0.1) is 29.6 Å². The number of aromatic nitrogens is 4. The van der Waals surface area contributed by atoms with Gasteiger partial charge in [0.05, 0.1) is 31.0 Å². The van der Waals surface area contributed by atoms with E-state index in [1.807, 2.05) is 40.7 Å². The largest absolute Gasteiger partial charge is 0.359 e. The van der Waals surface area contributed by atoms with Gasteiger partial charge in [-0.3, -0.25) is 24.1 Å². The van der Waals surface area contributed by atoms with Gasteiger partial charge in [0.2, 0.25) is 5.91 Å². The Morgan fingerprint density at radius 2 is 1.74 bits per heavy atom. The number of halogens is 2. The first kappa shape index (κ1) is 34.3. The molecule has 0 aliphatic carbocycles. The molecule has 0 spiro atoms. The zero-order valence-corrected chi connectivity index (χ0v) is 23.0. The van der Waals surface area contributed by atoms with Gasteiger partial charge in [-0.05, 0) is 36.8 Å². The van der Waals surface area contributed by atoms with E-state index in [0.29, 0.717) is 5.69 Å². The molecule has 0 unspecified atom stereocenters. The van der Waals surface area contributed by atoms with Crippen LogP contribution >= 0.6 is 0 Å². The minimum Gasteiger partial charge on any atom is -0.359 e. The van der Waals surface area contributed by atoms with Crippen molar-refractivity contribution in [1.82, 2.24) is 24.8 Å². The van der Waals surface area contributed by atoms with Crippen molar-refractivity contribution in [2.45, 2.75) is 60.6 Å². The Kier molecular flexibility index (Phi) is 16.3. The highest BCUT2D eigenvalue weighted by Crippen LogP contribution is 2.25. The lowest BCUT2D eigenvalue weighted by Crippen LogP contribution is -2.36. The van der Waals surface area contributed by atoms with Crippen molar-refractivity contribution in [2.75, 3.05) is 11.9 Å². The molecular formula is C27H34F2N8O2. The summed E-state index contributed by atoms with van der Waals surface area (Å²) in [7, 11) is 0. The molecule has 3 rings (SSSR count). The van der Waals surface area contributed by atoms with E-state index in [-0.39, 0.29) is 12.2 Å². The number of nitrogens with one attached hydrogen (secondary N) is 2. The number of nitrogens with zero attached hydrogens (tertiary/aromatic N) is 6. The summed E-state index contributed by atoms with van der Waals surface area (Å²) in [6, 6.07) is 11.2. The molecule has 2 N–H and O–H groups in total. The van der Waals surface area contributed by atoms with Gasteiger partial charge in [0.15, 0.2) is 5.82 Å². The van der Waals surface area contributed by atoms with E-state index in [9.17, 15) is 23.6 Å². The van der Waals surface area contributed by atoms with Crippen LogP contribution in [-0.2, 0) is 23.8 Å². The molecule has 3 aromatic rings. The number of anilines is 1. The number of amides is 1. The highest BCUT2D eigenvalue weighted by Gasteiger charge is 2.33. The molecule has 0 radical (unpaired) electrons. The number of rotatable bonds is 8. The van der Waals surface area contributed by atoms with Gasteiger partial charge < -0.3 is 10.6 Å². The van der Waals surface area contributed by atoms with Gasteiger partial charge in [0.1, 0.15) is 24.0 Å². The molecule has 0 bridgehead atoms. The van der Waals surface area contributed by atoms with Crippen molar-refractivity contribution in [3.63, 3.8) is 0 Å². The molecule has 0 aliphatic rings. The third kappa shape index (κ3) is 11.5. The maximum absolute atomic E-state index is 14.3. The molecular weight excluding hydrogens is 506 g/mol. The summed E-state index contributed by atoms with van der Waals surface area (Å²) in [5, 5.41) is 21.5. The SMILES string of the molecule is CC.CC.CC#N.Cc1ccnc(CNC(=O)Cn2c(C#N)cnc(NCC(F)(F)c3ccccn3)c2=O)c1. The lowest BCUT2D eigenvalue weighted by molar-refractivity contribution is -0.121. The Labute approximate surface area is 227 Å². The Morgan fingerprint density at radius 3 is 2.31 bits per heavy atom. The number of hydrogen-bond donors (Lipinski definition) is 2. The van der Waals surface area contributed by atoms with Gasteiger partial charge in [-0.2, -0.15) is 19.3 Å². The van der Waals surface area contributed by atoms with E-state index in [1.165, 1.54) is 31.3 Å². The fourth-order valence-electron chi connectivity index (χ4n) is 2.80. The lowest BCUT2D eigenvalue weighted by Gasteiger charge is -2.17. The smallest absolute Gasteiger partial charge is 0.306 e. The molecule has 208 valence electrons. The fraction of sp³-hybridized carbons (Fsp3) is 0.370. The van der Waals surface area contributed by atoms with Crippen molar-refractivity contribution in [2.24, 2.45) is 0 Å². The van der Waals surface area contributed by atoms with Gasteiger partial charge in [-0.25, -0.2) is 4.98 Å². The molecule has 1 amide bonds. The predicted molar refractivity (Wildman–Crippen MR) is 145 cm³/mol. The van der Waals surface area contributed by atoms with E-state index < -0.39 is 42.0 Å². The Hall–Kier alpha value is -4.71. The minimum absolute atomic E-state index is 0.129. The quantitative estimate of drug-likeness (QED) is 0.429. The van der Waals surface area contributed by atoms with E-state index in [4.69, 9.17) is 5.26 Å². The van der Waals surface area contributed by atoms with E-state index >= 15 is 0 Å². The number of alkyl halides is 2. The van der Waals surface area contributed by atoms with E-state index in [0.717, 1.165) is 16.3 Å². The molecule has 0 fully saturated rings. The van der Waals surface area contributed by atoms with Crippen LogP contribution in [0.1, 0.15) is 57.3 Å². The predicted octanol–water partition coefficient (Wildman–Crippen LogP) is 4.32. The molecule has 0 saturated heterocycles. The van der Waals surface area contributed by atoms with Gasteiger partial charge in [0.25, 0.3) is 5.56 Å². The summed E-state index contributed by atoms with van der Waals surface area (Å²) >= 11 is 0. The number of nitriles is 2. The topological polar surface area (TPSA) is 149 Å². The van der Waals surface area contributed by atoms with E-state index in [2.05, 4.69) is 25.6 Å². The van der Waals surface area contributed by atoms with Crippen LogP contribution in [0.4, 0.5) is 14.6 Å². The standard InChI is InChI=1S/C21H19F2N7O2.C2H3N.2C2H6/c1-14-5-7-25-15(8-14)10-27-18(31)12-30-16(9-24)11-28-19(20(30)32)29-13-21(22,23)17-4-2-3-6-26-17;1-2-3;2*1-2/h2-8,11H,10,12-13H2,1H3,(H,27,31)(H,28,29);1H3;2*1-2H3. The van der Waals surface area contributed by atoms with Crippen LogP contribution in [0.5, 0.6) is 0 Å². The fourth-order valence-corrected chi connectivity index (χ4v) is 2.80. The number of carbonyl (C=O) groups excluding carboxylic acids is 1. The van der Waals surface area contributed by atoms with Crippen LogP contribution in [0.25, 0.3) is 0 Å². The molecule has 39 heavy (non-hydrogen) atoms. The van der Waals surface area contributed by atoms with Gasteiger partial charge >= 0.3 is 5.92 Å². The second-order valence-corrected chi connectivity index (χ2v) is 7.09. The number of hydrogen-bond acceptors (Lipinski definition) is 8. The molecule has 12 heteroatoms. The molecule has 0 saturated carbocycles. The summed E-state index contributed by atoms with van der Waals surface area (Å²) in [5.74, 6) is -4.33. The van der Waals surface area contributed by atoms with Crippen molar-refractivity contribution in [3.05, 3.63) is 81.9 Å². The van der Waals surface area contributed by atoms with Crippen molar-refractivity contribution >= 4 is 11.7 Å². The van der Waals surface area contributed by atoms with Crippen molar-refractivity contribution < 1.29 is 13.6 Å². The molecule has 3 heterocycles. The Morgan fingerprint density at radius 1 is 1.08 bits per heavy atom. The zero-order valence-electron chi connectivity index (χ0n) is 23.0. The minimum atomic E-state index is -3.37. The summed E-state index contributed by atoms with van der Waals surface area (Å²) < 4.78 is 29.5. The molecule has 3 aromatic heterocycles. The van der Waals surface area contributed by atoms with Gasteiger partial charge in [0, 0.05) is 19.3 Å².